The smallest absolute Gasteiger partial charge is 0.305 e. The summed E-state index contributed by atoms with van der Waals surface area (Å²) >= 11 is 0. The van der Waals surface area contributed by atoms with Crippen molar-refractivity contribution in [3.8, 4) is 0 Å². The van der Waals surface area contributed by atoms with E-state index in [1.165, 1.54) is 116 Å². The Kier molecular flexibility index (Phi) is 46.3. The highest BCUT2D eigenvalue weighted by Gasteiger charge is 2.44. The summed E-state index contributed by atoms with van der Waals surface area (Å²) in [6.45, 7) is 4.03. The van der Waals surface area contributed by atoms with E-state index >= 15 is 0 Å². The number of esters is 1. The molecule has 1 saturated heterocycles. The minimum absolute atomic E-state index is 0.0307. The molecule has 0 aromatic carbocycles. The van der Waals surface area contributed by atoms with Gasteiger partial charge >= 0.3 is 5.97 Å². The summed E-state index contributed by atoms with van der Waals surface area (Å²) in [6.07, 6.45) is 53.5. The second-order valence-electron chi connectivity index (χ2n) is 20.0. The van der Waals surface area contributed by atoms with Crippen LogP contribution in [0.15, 0.2) is 60.8 Å². The molecule has 71 heavy (non-hydrogen) atoms. The highest BCUT2D eigenvalue weighted by atomic mass is 16.7. The van der Waals surface area contributed by atoms with E-state index in [4.69, 9.17) is 14.2 Å². The average Bonchev–Trinajstić information content (AvgIpc) is 3.37. The van der Waals surface area contributed by atoms with E-state index in [0.717, 1.165) is 96.3 Å². The van der Waals surface area contributed by atoms with Gasteiger partial charge in [0.25, 0.3) is 0 Å². The Labute approximate surface area is 433 Å². The van der Waals surface area contributed by atoms with Crippen molar-refractivity contribution >= 4 is 11.9 Å². The largest absolute Gasteiger partial charge is 0.466 e. The van der Waals surface area contributed by atoms with Crippen molar-refractivity contribution in [1.82, 2.24) is 5.32 Å². The summed E-state index contributed by atoms with van der Waals surface area (Å²) < 4.78 is 16.6. The Hall–Kier alpha value is -2.64. The van der Waals surface area contributed by atoms with E-state index in [1.54, 1.807) is 6.08 Å². The number of hydrogen-bond acceptors (Lipinski definition) is 10. The van der Waals surface area contributed by atoms with E-state index in [1.807, 2.05) is 19.1 Å². The molecule has 1 heterocycles. The lowest BCUT2D eigenvalue weighted by molar-refractivity contribution is -0.302. The molecule has 6 N–H and O–H groups in total. The van der Waals surface area contributed by atoms with Crippen LogP contribution in [0, 0.1) is 0 Å². The van der Waals surface area contributed by atoms with Crippen molar-refractivity contribution in [2.24, 2.45) is 0 Å². The van der Waals surface area contributed by atoms with Gasteiger partial charge in [0.1, 0.15) is 24.4 Å². The molecule has 1 aliphatic rings. The SMILES string of the molecule is C/C=C/CC/C=C/CC/C=C/C(O)C(COC1OC(CO)C(O)C(O)C1O)NC(=O)CCCCCCCCC/C=C\C/C=C\CCCCCOC(=O)CCCCCCCCCCCCCCCCCCC. The topological polar surface area (TPSA) is 175 Å². The second-order valence-corrected chi connectivity index (χ2v) is 20.0. The summed E-state index contributed by atoms with van der Waals surface area (Å²) in [6, 6.07) is -0.846. The zero-order chi connectivity index (χ0) is 51.7. The first-order valence-electron chi connectivity index (χ1n) is 29.0. The summed E-state index contributed by atoms with van der Waals surface area (Å²) in [7, 11) is 0. The Balaban J connectivity index is 2.07. The lowest BCUT2D eigenvalue weighted by atomic mass is 9.99. The minimum atomic E-state index is -1.59. The maximum absolute atomic E-state index is 13.0. The van der Waals surface area contributed by atoms with E-state index in [-0.39, 0.29) is 18.5 Å². The summed E-state index contributed by atoms with van der Waals surface area (Å²) in [5.41, 5.74) is 0. The van der Waals surface area contributed by atoms with E-state index in [2.05, 4.69) is 54.8 Å². The molecule has 412 valence electrons. The quantitative estimate of drug-likeness (QED) is 0.0195. The summed E-state index contributed by atoms with van der Waals surface area (Å²) in [4.78, 5) is 25.0. The molecule has 0 radical (unpaired) electrons. The van der Waals surface area contributed by atoms with Crippen LogP contribution < -0.4 is 5.32 Å². The van der Waals surface area contributed by atoms with Crippen molar-refractivity contribution < 1.29 is 49.3 Å². The minimum Gasteiger partial charge on any atom is -0.466 e. The maximum Gasteiger partial charge on any atom is 0.305 e. The average molecular weight is 1000 g/mol. The van der Waals surface area contributed by atoms with Crippen LogP contribution in [0.25, 0.3) is 0 Å². The molecule has 0 saturated carbocycles. The monoisotopic (exact) mass is 1000 g/mol. The van der Waals surface area contributed by atoms with Gasteiger partial charge in [0.2, 0.25) is 5.91 Å². The number of carbonyl (C=O) groups excluding carboxylic acids is 2. The number of unbranched alkanes of at least 4 members (excludes halogenated alkanes) is 28. The zero-order valence-corrected chi connectivity index (χ0v) is 45.2. The van der Waals surface area contributed by atoms with Gasteiger partial charge in [0.15, 0.2) is 6.29 Å². The van der Waals surface area contributed by atoms with Gasteiger partial charge in [0, 0.05) is 12.8 Å². The third kappa shape index (κ3) is 39.5. The highest BCUT2D eigenvalue weighted by molar-refractivity contribution is 5.76. The van der Waals surface area contributed by atoms with Gasteiger partial charge in [-0.1, -0.05) is 203 Å². The highest BCUT2D eigenvalue weighted by Crippen LogP contribution is 2.23. The number of nitrogens with one attached hydrogen (secondary N) is 1. The molecule has 0 spiro atoms. The molecule has 0 aromatic rings. The van der Waals surface area contributed by atoms with E-state index in [9.17, 15) is 35.1 Å². The zero-order valence-electron chi connectivity index (χ0n) is 45.2. The fourth-order valence-electron chi connectivity index (χ4n) is 8.80. The maximum atomic E-state index is 13.0. The van der Waals surface area contributed by atoms with Crippen LogP contribution >= 0.6 is 0 Å². The van der Waals surface area contributed by atoms with Gasteiger partial charge < -0.3 is 45.1 Å². The molecule has 1 amide bonds. The predicted octanol–water partition coefficient (Wildman–Crippen LogP) is 13.1. The van der Waals surface area contributed by atoms with Crippen molar-refractivity contribution in [3.05, 3.63) is 60.8 Å². The number of rotatable bonds is 49. The molecule has 0 aliphatic carbocycles. The lowest BCUT2D eigenvalue weighted by Gasteiger charge is -2.40. The van der Waals surface area contributed by atoms with Gasteiger partial charge in [0.05, 0.1) is 32.0 Å². The molecule has 7 atom stereocenters. The van der Waals surface area contributed by atoms with Crippen LogP contribution in [-0.2, 0) is 23.8 Å². The van der Waals surface area contributed by atoms with Crippen LogP contribution in [0.3, 0.4) is 0 Å². The Morgan fingerprint density at radius 1 is 0.549 bits per heavy atom. The Bertz CT molecular complexity index is 1360. The van der Waals surface area contributed by atoms with Crippen molar-refractivity contribution in [2.45, 2.75) is 288 Å². The summed E-state index contributed by atoms with van der Waals surface area (Å²) in [5, 5.41) is 54.1. The molecular formula is C60H107NO10. The van der Waals surface area contributed by atoms with Gasteiger partial charge in [-0.2, -0.15) is 0 Å². The third-order valence-electron chi connectivity index (χ3n) is 13.4. The van der Waals surface area contributed by atoms with Crippen LogP contribution in [-0.4, -0.2) is 100 Å². The first kappa shape index (κ1) is 66.4. The third-order valence-corrected chi connectivity index (χ3v) is 13.4. The number of aliphatic hydroxyl groups excluding tert-OH is 5. The second kappa shape index (κ2) is 49.6. The van der Waals surface area contributed by atoms with Crippen molar-refractivity contribution in [3.63, 3.8) is 0 Å². The first-order chi connectivity index (χ1) is 34.7. The number of carbonyl (C=O) groups is 2. The molecular weight excluding hydrogens is 895 g/mol. The molecule has 1 rings (SSSR count). The number of aliphatic hydroxyl groups is 5. The van der Waals surface area contributed by atoms with Gasteiger partial charge in [-0.15, -0.1) is 0 Å². The molecule has 0 bridgehead atoms. The molecule has 11 heteroatoms. The Morgan fingerprint density at radius 3 is 1.55 bits per heavy atom. The molecule has 1 aliphatic heterocycles. The van der Waals surface area contributed by atoms with Crippen LogP contribution in [0.5, 0.6) is 0 Å². The molecule has 0 aromatic heterocycles. The lowest BCUT2D eigenvalue weighted by Crippen LogP contribution is -2.60. The van der Waals surface area contributed by atoms with Gasteiger partial charge in [-0.05, 0) is 90.4 Å². The molecule has 11 nitrogen and oxygen atoms in total. The standard InChI is InChI=1S/C60H107NO10/c1-3-5-7-9-11-13-14-15-16-18-22-25-28-32-36-40-44-48-56(65)69-49-45-41-37-33-29-26-23-20-17-19-21-24-27-31-35-39-43-47-55(64)61-52(53(63)46-42-38-34-30-12-10-8-6-4-2)51-70-60-59(68)58(67)57(66)54(50-62)71-60/h4,6,12,17,20,26,29-30,42,46,52-54,57-60,62-63,66-68H,3,5,7-11,13-16,18-19,21-25,27-28,31-41,43-45,47-51H2,1-2H3,(H,61,64)/b6-4+,20-17-,29-26-,30-12+,46-42+. The van der Waals surface area contributed by atoms with E-state index in [0.29, 0.717) is 25.9 Å². The van der Waals surface area contributed by atoms with Crippen molar-refractivity contribution in [2.75, 3.05) is 19.8 Å². The van der Waals surface area contributed by atoms with E-state index < -0.39 is 49.5 Å². The Morgan fingerprint density at radius 2 is 1.01 bits per heavy atom. The normalized spacial score (nSPS) is 19.6. The number of amides is 1. The molecule has 1 fully saturated rings. The fourth-order valence-corrected chi connectivity index (χ4v) is 8.80. The van der Waals surface area contributed by atoms with Crippen LogP contribution in [0.1, 0.15) is 245 Å². The number of allylic oxidation sites excluding steroid dienone is 9. The number of hydrogen-bond donors (Lipinski definition) is 6. The fraction of sp³-hybridized carbons (Fsp3) is 0.800. The van der Waals surface area contributed by atoms with Gasteiger partial charge in [-0.25, -0.2) is 0 Å². The first-order valence-corrected chi connectivity index (χ1v) is 29.0. The van der Waals surface area contributed by atoms with Crippen LogP contribution in [0.2, 0.25) is 0 Å². The predicted molar refractivity (Wildman–Crippen MR) is 292 cm³/mol. The van der Waals surface area contributed by atoms with Gasteiger partial charge in [-0.3, -0.25) is 9.59 Å². The summed E-state index contributed by atoms with van der Waals surface area (Å²) in [5.74, 6) is -0.247. The van der Waals surface area contributed by atoms with Crippen LogP contribution in [0.4, 0.5) is 0 Å². The molecule has 7 unspecified atom stereocenters. The van der Waals surface area contributed by atoms with Crippen molar-refractivity contribution in [1.29, 1.82) is 0 Å². The number of ether oxygens (including phenoxy) is 3.